The number of nitrogens with one attached hydrogen (secondary N) is 1. The SMILES string of the molecule is O[I-][C@H]1CCCN1. The Hall–Kier alpha value is 0.650. The van der Waals surface area contributed by atoms with E-state index >= 15 is 0 Å². The summed E-state index contributed by atoms with van der Waals surface area (Å²) in [5.41, 5.74) is 0. The predicted molar refractivity (Wildman–Crippen MR) is 23.2 cm³/mol. The van der Waals surface area contributed by atoms with Gasteiger partial charge in [-0.3, -0.25) is 0 Å². The molecule has 1 aliphatic rings. The van der Waals surface area contributed by atoms with Crippen LogP contribution in [0, 0.1) is 0 Å². The zero-order chi connectivity index (χ0) is 5.11. The Kier molecular flexibility index (Phi) is 2.34. The molecule has 2 N–H and O–H groups in total. The Morgan fingerprint density at radius 2 is 2.57 bits per heavy atom. The quantitative estimate of drug-likeness (QED) is 0.272. The van der Waals surface area contributed by atoms with Gasteiger partial charge in [0.25, 0.3) is 0 Å². The second-order valence-corrected chi connectivity index (χ2v) is 3.72. The van der Waals surface area contributed by atoms with Gasteiger partial charge in [0.05, 0.1) is 0 Å². The minimum atomic E-state index is -0.507. The molecule has 1 atom stereocenters. The van der Waals surface area contributed by atoms with Crippen LogP contribution in [0.25, 0.3) is 0 Å². The van der Waals surface area contributed by atoms with Crippen molar-refractivity contribution in [2.45, 2.75) is 16.9 Å². The summed E-state index contributed by atoms with van der Waals surface area (Å²) in [5.74, 6) is 0. The van der Waals surface area contributed by atoms with Crippen LogP contribution in [0.15, 0.2) is 0 Å². The number of alkyl halides is 1. The monoisotopic (exact) mass is 214 g/mol. The first kappa shape index (κ1) is 5.78. The van der Waals surface area contributed by atoms with Crippen LogP contribution in [-0.4, -0.2) is 14.0 Å². The van der Waals surface area contributed by atoms with Gasteiger partial charge in [-0.25, -0.2) is 0 Å². The third-order valence-corrected chi connectivity index (χ3v) is 2.85. The van der Waals surface area contributed by atoms with E-state index in [9.17, 15) is 0 Å². The fraction of sp³-hybridized carbons (Fsp3) is 1.00. The Morgan fingerprint density at radius 1 is 1.71 bits per heavy atom. The first-order valence-corrected chi connectivity index (χ1v) is 4.65. The van der Waals surface area contributed by atoms with E-state index in [0.29, 0.717) is 4.05 Å². The van der Waals surface area contributed by atoms with Crippen molar-refractivity contribution < 1.29 is 25.1 Å². The van der Waals surface area contributed by atoms with E-state index in [1.165, 1.54) is 12.8 Å². The van der Waals surface area contributed by atoms with Crippen molar-refractivity contribution in [3.63, 3.8) is 0 Å². The van der Waals surface area contributed by atoms with Gasteiger partial charge >= 0.3 is 53.8 Å². The first-order chi connectivity index (χ1) is 3.43. The third-order valence-electron chi connectivity index (χ3n) is 1.12. The molecule has 1 fully saturated rings. The van der Waals surface area contributed by atoms with Gasteiger partial charge in [-0.2, -0.15) is 0 Å². The summed E-state index contributed by atoms with van der Waals surface area (Å²) < 4.78 is 9.13. The Morgan fingerprint density at radius 3 is 2.86 bits per heavy atom. The summed E-state index contributed by atoms with van der Waals surface area (Å²) in [6.07, 6.45) is 2.45. The topological polar surface area (TPSA) is 32.3 Å². The molecule has 0 bridgehead atoms. The van der Waals surface area contributed by atoms with Crippen LogP contribution in [0.1, 0.15) is 12.8 Å². The van der Waals surface area contributed by atoms with Gasteiger partial charge in [-0.15, -0.1) is 0 Å². The van der Waals surface area contributed by atoms with Gasteiger partial charge < -0.3 is 0 Å². The fourth-order valence-corrected chi connectivity index (χ4v) is 1.95. The summed E-state index contributed by atoms with van der Waals surface area (Å²) in [4.78, 5) is 0. The van der Waals surface area contributed by atoms with Crippen LogP contribution in [0.3, 0.4) is 0 Å². The predicted octanol–water partition coefficient (Wildman–Crippen LogP) is -3.31. The number of halogens is 1. The number of rotatable bonds is 1. The van der Waals surface area contributed by atoms with E-state index in [1.807, 2.05) is 0 Å². The third kappa shape index (κ3) is 1.54. The van der Waals surface area contributed by atoms with Crippen molar-refractivity contribution in [3.8, 4) is 0 Å². The molecule has 3 heteroatoms. The average Bonchev–Trinajstić information content (AvgIpc) is 2.14. The summed E-state index contributed by atoms with van der Waals surface area (Å²) in [5, 5.41) is 3.21. The molecule has 2 nitrogen and oxygen atoms in total. The molecular formula is C4H9INO-. The number of hydrogen-bond donors (Lipinski definition) is 2. The molecule has 0 amide bonds. The van der Waals surface area contributed by atoms with Gasteiger partial charge in [0.15, 0.2) is 0 Å². The molecule has 0 aromatic rings. The molecule has 0 saturated carbocycles. The average molecular weight is 214 g/mol. The van der Waals surface area contributed by atoms with Crippen molar-refractivity contribution in [1.29, 1.82) is 0 Å². The van der Waals surface area contributed by atoms with E-state index < -0.39 is 21.6 Å². The zero-order valence-corrected chi connectivity index (χ0v) is 6.18. The van der Waals surface area contributed by atoms with Crippen molar-refractivity contribution in [3.05, 3.63) is 0 Å². The summed E-state index contributed by atoms with van der Waals surface area (Å²) >= 11 is -0.507. The fourth-order valence-electron chi connectivity index (χ4n) is 0.725. The molecule has 0 radical (unpaired) electrons. The molecule has 1 aliphatic heterocycles. The van der Waals surface area contributed by atoms with Gasteiger partial charge in [0.2, 0.25) is 0 Å². The van der Waals surface area contributed by atoms with Gasteiger partial charge in [0, 0.05) is 0 Å². The van der Waals surface area contributed by atoms with Crippen molar-refractivity contribution in [2.75, 3.05) is 6.54 Å². The van der Waals surface area contributed by atoms with E-state index in [1.54, 1.807) is 0 Å². The van der Waals surface area contributed by atoms with E-state index in [0.717, 1.165) is 6.54 Å². The van der Waals surface area contributed by atoms with Crippen molar-refractivity contribution in [2.24, 2.45) is 0 Å². The minimum absolute atomic E-state index is 0.507. The second-order valence-electron chi connectivity index (χ2n) is 1.66. The molecule has 7 heavy (non-hydrogen) atoms. The van der Waals surface area contributed by atoms with Crippen LogP contribution in [-0.2, 0) is 0 Å². The van der Waals surface area contributed by atoms with Crippen LogP contribution in [0.4, 0.5) is 0 Å². The van der Waals surface area contributed by atoms with Gasteiger partial charge in [0.1, 0.15) is 0 Å². The summed E-state index contributed by atoms with van der Waals surface area (Å²) in [7, 11) is 0. The standard InChI is InChI=1S/C4H9INO/c7-5-4-2-1-3-6-4/h4,6-7H,1-3H2/q-1/t4-/m1/s1. The van der Waals surface area contributed by atoms with E-state index in [4.69, 9.17) is 3.44 Å². The molecule has 1 rings (SSSR count). The van der Waals surface area contributed by atoms with Crippen molar-refractivity contribution >= 4 is 0 Å². The molecule has 0 unspecified atom stereocenters. The Balaban J connectivity index is 2.14. The maximum atomic E-state index is 8.61. The normalized spacial score (nSPS) is 31.9. The van der Waals surface area contributed by atoms with E-state index in [2.05, 4.69) is 5.32 Å². The number of hydrogen-bond acceptors (Lipinski definition) is 2. The molecule has 0 aromatic heterocycles. The van der Waals surface area contributed by atoms with E-state index in [-0.39, 0.29) is 0 Å². The Labute approximate surface area is 54.1 Å². The molecule has 44 valence electrons. The molecular weight excluding hydrogens is 205 g/mol. The maximum absolute atomic E-state index is 8.61. The van der Waals surface area contributed by atoms with Gasteiger partial charge in [-0.05, 0) is 0 Å². The Bertz CT molecular complexity index is 53.7. The molecule has 0 aliphatic carbocycles. The summed E-state index contributed by atoms with van der Waals surface area (Å²) in [6.45, 7) is 1.12. The second kappa shape index (κ2) is 2.84. The van der Waals surface area contributed by atoms with Crippen LogP contribution < -0.4 is 26.9 Å². The summed E-state index contributed by atoms with van der Waals surface area (Å²) in [6, 6.07) is 0. The van der Waals surface area contributed by atoms with Crippen LogP contribution in [0.5, 0.6) is 0 Å². The van der Waals surface area contributed by atoms with Gasteiger partial charge in [-0.1, -0.05) is 0 Å². The molecule has 1 heterocycles. The van der Waals surface area contributed by atoms with Crippen LogP contribution in [0.2, 0.25) is 0 Å². The molecule has 0 aromatic carbocycles. The molecule has 1 saturated heterocycles. The van der Waals surface area contributed by atoms with Crippen LogP contribution >= 0.6 is 0 Å². The van der Waals surface area contributed by atoms with Crippen molar-refractivity contribution in [1.82, 2.24) is 5.32 Å². The zero-order valence-electron chi connectivity index (χ0n) is 4.02. The molecule has 0 spiro atoms. The first-order valence-electron chi connectivity index (χ1n) is 2.44.